The largest absolute Gasteiger partial charge is 0.478 e. The lowest BCUT2D eigenvalue weighted by Gasteiger charge is -2.36. The number of benzene rings is 2. The summed E-state index contributed by atoms with van der Waals surface area (Å²) in [7, 11) is -8.65. The van der Waals surface area contributed by atoms with E-state index in [-0.39, 0.29) is 33.8 Å². The van der Waals surface area contributed by atoms with Crippen LogP contribution < -0.4 is 5.73 Å². The van der Waals surface area contributed by atoms with Crippen molar-refractivity contribution in [2.75, 3.05) is 0 Å². The van der Waals surface area contributed by atoms with E-state index < -0.39 is 44.5 Å². The van der Waals surface area contributed by atoms with Crippen LogP contribution in [0.3, 0.4) is 0 Å². The zero-order valence-corrected chi connectivity index (χ0v) is 20.6. The summed E-state index contributed by atoms with van der Waals surface area (Å²) in [4.78, 5) is 11.7. The van der Waals surface area contributed by atoms with Crippen LogP contribution in [0.2, 0.25) is 0 Å². The average molecular weight is 510 g/mol. The molecule has 11 heteroatoms. The minimum atomic E-state index is -4.34. The average Bonchev–Trinajstić information content (AvgIpc) is 2.76. The molecule has 1 aliphatic rings. The molecule has 0 aliphatic heterocycles. The Morgan fingerprint density at radius 1 is 0.912 bits per heavy atom. The lowest BCUT2D eigenvalue weighted by atomic mass is 9.83. The van der Waals surface area contributed by atoms with Crippen LogP contribution in [0, 0.1) is 13.8 Å². The molecule has 0 radical (unpaired) electrons. The van der Waals surface area contributed by atoms with E-state index in [1.54, 1.807) is 45.0 Å². The van der Waals surface area contributed by atoms with Gasteiger partial charge in [-0.25, -0.2) is 4.79 Å². The molecule has 3 atom stereocenters. The van der Waals surface area contributed by atoms with Crippen molar-refractivity contribution in [1.82, 2.24) is 0 Å². The quantitative estimate of drug-likeness (QED) is 0.512. The fourth-order valence-corrected chi connectivity index (χ4v) is 5.95. The number of aryl methyl sites for hydroxylation is 2. The standard InChI is InChI=1S/C23H27NO8S2/c1-4-18-19(23(25)26)13-20(31-33(27,28)16-9-5-14(2)6-10-16)21(24)22(18)32-34(29,30)17-11-7-15(3)8-12-17/h5-12,20-22H,4,13,24H2,1-3H3,(H,25,26)/t20-,21-,22+/m1/s1. The fraction of sp³-hybridized carbons (Fsp3) is 0.348. The Balaban J connectivity index is 1.99. The van der Waals surface area contributed by atoms with Gasteiger partial charge in [0.15, 0.2) is 0 Å². The second-order valence-electron chi connectivity index (χ2n) is 8.13. The van der Waals surface area contributed by atoms with Crippen molar-refractivity contribution in [1.29, 1.82) is 0 Å². The number of aliphatic carboxylic acids is 1. The Bertz CT molecular complexity index is 1300. The van der Waals surface area contributed by atoms with Crippen LogP contribution in [0.4, 0.5) is 0 Å². The van der Waals surface area contributed by atoms with Gasteiger partial charge in [0.05, 0.1) is 21.9 Å². The van der Waals surface area contributed by atoms with Gasteiger partial charge in [0.25, 0.3) is 20.2 Å². The van der Waals surface area contributed by atoms with Crippen molar-refractivity contribution in [2.45, 2.75) is 61.7 Å². The minimum Gasteiger partial charge on any atom is -0.478 e. The molecule has 0 saturated carbocycles. The van der Waals surface area contributed by atoms with Gasteiger partial charge in [0, 0.05) is 12.0 Å². The first-order valence-corrected chi connectivity index (χ1v) is 13.4. The lowest BCUT2D eigenvalue weighted by molar-refractivity contribution is -0.133. The SMILES string of the molecule is CCC1=C(C(=O)O)C[C@@H](OS(=O)(=O)c2ccc(C)cc2)[C@@H](N)[C@H]1OS(=O)(=O)c1ccc(C)cc1. The molecule has 0 bridgehead atoms. The molecule has 184 valence electrons. The van der Waals surface area contributed by atoms with E-state index in [1.165, 1.54) is 24.3 Å². The molecule has 0 aromatic heterocycles. The Morgan fingerprint density at radius 3 is 1.76 bits per heavy atom. The van der Waals surface area contributed by atoms with Crippen LogP contribution in [0.1, 0.15) is 30.9 Å². The van der Waals surface area contributed by atoms with Crippen molar-refractivity contribution >= 4 is 26.2 Å². The molecule has 3 rings (SSSR count). The molecular formula is C23H27NO8S2. The minimum absolute atomic E-state index is 0.128. The molecule has 1 aliphatic carbocycles. The van der Waals surface area contributed by atoms with Gasteiger partial charge in [-0.2, -0.15) is 16.8 Å². The number of carboxylic acids is 1. The van der Waals surface area contributed by atoms with Crippen LogP contribution in [0.5, 0.6) is 0 Å². The summed E-state index contributed by atoms with van der Waals surface area (Å²) in [5.74, 6) is -1.33. The molecule has 0 unspecified atom stereocenters. The van der Waals surface area contributed by atoms with Gasteiger partial charge in [-0.05, 0) is 50.1 Å². The predicted octanol–water partition coefficient (Wildman–Crippen LogP) is 2.67. The Kier molecular flexibility index (Phi) is 7.63. The third-order valence-corrected chi connectivity index (χ3v) is 8.31. The van der Waals surface area contributed by atoms with Gasteiger partial charge in [-0.3, -0.25) is 8.37 Å². The van der Waals surface area contributed by atoms with E-state index >= 15 is 0 Å². The number of carbonyl (C=O) groups is 1. The Morgan fingerprint density at radius 2 is 1.35 bits per heavy atom. The van der Waals surface area contributed by atoms with Crippen molar-refractivity contribution in [3.8, 4) is 0 Å². The van der Waals surface area contributed by atoms with Gasteiger partial charge in [0.2, 0.25) is 0 Å². The van der Waals surface area contributed by atoms with Gasteiger partial charge in [-0.15, -0.1) is 0 Å². The maximum Gasteiger partial charge on any atom is 0.331 e. The summed E-state index contributed by atoms with van der Waals surface area (Å²) in [6.45, 7) is 5.23. The van der Waals surface area contributed by atoms with E-state index in [2.05, 4.69) is 0 Å². The number of carboxylic acid groups (broad SMARTS) is 1. The molecule has 0 fully saturated rings. The van der Waals surface area contributed by atoms with E-state index in [0.717, 1.165) is 11.1 Å². The zero-order chi connectivity index (χ0) is 25.3. The van der Waals surface area contributed by atoms with Crippen LogP contribution in [0.15, 0.2) is 69.5 Å². The van der Waals surface area contributed by atoms with Crippen LogP contribution in [-0.4, -0.2) is 46.2 Å². The molecule has 0 amide bonds. The zero-order valence-electron chi connectivity index (χ0n) is 19.0. The highest BCUT2D eigenvalue weighted by Crippen LogP contribution is 2.34. The summed E-state index contributed by atoms with van der Waals surface area (Å²) in [6, 6.07) is 10.6. The Hall–Kier alpha value is -2.57. The van der Waals surface area contributed by atoms with Gasteiger partial charge in [-0.1, -0.05) is 42.3 Å². The normalized spacial score (nSPS) is 21.5. The van der Waals surface area contributed by atoms with Gasteiger partial charge < -0.3 is 10.8 Å². The van der Waals surface area contributed by atoms with E-state index in [0.29, 0.717) is 0 Å². The molecule has 9 nitrogen and oxygen atoms in total. The molecule has 0 heterocycles. The number of hydrogen-bond donors (Lipinski definition) is 2. The van der Waals surface area contributed by atoms with Crippen LogP contribution in [0.25, 0.3) is 0 Å². The molecule has 0 spiro atoms. The molecule has 0 saturated heterocycles. The molecule has 2 aromatic rings. The monoisotopic (exact) mass is 509 g/mol. The third kappa shape index (κ3) is 5.56. The van der Waals surface area contributed by atoms with Crippen molar-refractivity contribution in [3.05, 3.63) is 70.8 Å². The van der Waals surface area contributed by atoms with Crippen molar-refractivity contribution in [3.63, 3.8) is 0 Å². The van der Waals surface area contributed by atoms with Crippen molar-refractivity contribution in [2.24, 2.45) is 5.73 Å². The third-order valence-electron chi connectivity index (χ3n) is 5.65. The molecule has 2 aromatic carbocycles. The maximum absolute atomic E-state index is 12.9. The number of rotatable bonds is 8. The number of hydrogen-bond acceptors (Lipinski definition) is 8. The highest BCUT2D eigenvalue weighted by Gasteiger charge is 2.43. The summed E-state index contributed by atoms with van der Waals surface area (Å²) in [6.07, 6.45) is -2.96. The van der Waals surface area contributed by atoms with E-state index in [1.807, 2.05) is 0 Å². The summed E-state index contributed by atoms with van der Waals surface area (Å²) >= 11 is 0. The highest BCUT2D eigenvalue weighted by molar-refractivity contribution is 7.87. The molecule has 34 heavy (non-hydrogen) atoms. The summed E-state index contributed by atoms with van der Waals surface area (Å²) < 4.78 is 62.3. The first-order valence-electron chi connectivity index (χ1n) is 10.6. The second kappa shape index (κ2) is 9.96. The van der Waals surface area contributed by atoms with Crippen LogP contribution >= 0.6 is 0 Å². The summed E-state index contributed by atoms with van der Waals surface area (Å²) in [5, 5.41) is 9.74. The van der Waals surface area contributed by atoms with E-state index in [4.69, 9.17) is 14.1 Å². The summed E-state index contributed by atoms with van der Waals surface area (Å²) in [5.41, 5.74) is 7.93. The second-order valence-corrected chi connectivity index (χ2v) is 11.3. The Labute approximate surface area is 199 Å². The highest BCUT2D eigenvalue weighted by atomic mass is 32.2. The fourth-order valence-electron chi connectivity index (χ4n) is 3.75. The molecular weight excluding hydrogens is 482 g/mol. The lowest BCUT2D eigenvalue weighted by Crippen LogP contribution is -2.53. The maximum atomic E-state index is 12.9. The van der Waals surface area contributed by atoms with Crippen molar-refractivity contribution < 1.29 is 35.1 Å². The smallest absolute Gasteiger partial charge is 0.331 e. The van der Waals surface area contributed by atoms with Crippen LogP contribution in [-0.2, 0) is 33.4 Å². The van der Waals surface area contributed by atoms with Gasteiger partial charge >= 0.3 is 5.97 Å². The number of nitrogens with two attached hydrogens (primary N) is 1. The first-order chi connectivity index (χ1) is 15.9. The predicted molar refractivity (Wildman–Crippen MR) is 124 cm³/mol. The van der Waals surface area contributed by atoms with E-state index in [9.17, 15) is 26.7 Å². The van der Waals surface area contributed by atoms with Gasteiger partial charge in [0.1, 0.15) is 6.10 Å². The molecule has 3 N–H and O–H groups in total. The first kappa shape index (κ1) is 26.0. The topological polar surface area (TPSA) is 150 Å².